The molecule has 0 unspecified atom stereocenters. The standard InChI is InChI=1S/C12H16BrNO2/c1-3-4-5-11(15)14-9-6-8(2)12(16)10(13)7-9/h6-7,16H,3-5H2,1-2H3,(H,14,15). The fourth-order valence-corrected chi connectivity index (χ4v) is 1.93. The second-order valence-corrected chi connectivity index (χ2v) is 4.63. The van der Waals surface area contributed by atoms with Gasteiger partial charge in [0.05, 0.1) is 4.47 Å². The van der Waals surface area contributed by atoms with Gasteiger partial charge in [0.25, 0.3) is 0 Å². The Morgan fingerprint density at radius 3 is 2.75 bits per heavy atom. The third kappa shape index (κ3) is 3.52. The van der Waals surface area contributed by atoms with E-state index in [1.54, 1.807) is 19.1 Å². The van der Waals surface area contributed by atoms with Crippen molar-refractivity contribution >= 4 is 27.5 Å². The molecule has 0 aromatic heterocycles. The van der Waals surface area contributed by atoms with Gasteiger partial charge in [-0.3, -0.25) is 4.79 Å². The van der Waals surface area contributed by atoms with E-state index in [4.69, 9.17) is 0 Å². The largest absolute Gasteiger partial charge is 0.506 e. The average molecular weight is 286 g/mol. The van der Waals surface area contributed by atoms with Crippen LogP contribution < -0.4 is 5.32 Å². The Hall–Kier alpha value is -1.03. The number of phenols is 1. The molecule has 1 rings (SSSR count). The van der Waals surface area contributed by atoms with Crippen LogP contribution in [0.1, 0.15) is 31.7 Å². The van der Waals surface area contributed by atoms with E-state index in [0.29, 0.717) is 16.6 Å². The lowest BCUT2D eigenvalue weighted by atomic mass is 10.2. The molecule has 0 radical (unpaired) electrons. The van der Waals surface area contributed by atoms with E-state index < -0.39 is 0 Å². The highest BCUT2D eigenvalue weighted by molar-refractivity contribution is 9.10. The summed E-state index contributed by atoms with van der Waals surface area (Å²) in [6.45, 7) is 3.84. The first kappa shape index (κ1) is 13.0. The van der Waals surface area contributed by atoms with Crippen molar-refractivity contribution in [2.45, 2.75) is 33.1 Å². The molecule has 4 heteroatoms. The second-order valence-electron chi connectivity index (χ2n) is 3.78. The summed E-state index contributed by atoms with van der Waals surface area (Å²) in [4.78, 5) is 11.5. The lowest BCUT2D eigenvalue weighted by Gasteiger charge is -2.08. The molecule has 1 aromatic carbocycles. The van der Waals surface area contributed by atoms with Crippen molar-refractivity contribution in [1.82, 2.24) is 0 Å². The van der Waals surface area contributed by atoms with Crippen LogP contribution in [0.3, 0.4) is 0 Å². The number of aromatic hydroxyl groups is 1. The molecule has 1 amide bonds. The van der Waals surface area contributed by atoms with Crippen LogP contribution in [0.2, 0.25) is 0 Å². The molecule has 0 spiro atoms. The van der Waals surface area contributed by atoms with Gasteiger partial charge in [-0.1, -0.05) is 13.3 Å². The Morgan fingerprint density at radius 1 is 1.50 bits per heavy atom. The zero-order valence-electron chi connectivity index (χ0n) is 9.51. The Bertz CT molecular complexity index is 368. The molecule has 2 N–H and O–H groups in total. The predicted octanol–water partition coefficient (Wildman–Crippen LogP) is 3.59. The van der Waals surface area contributed by atoms with Gasteiger partial charge in [0.1, 0.15) is 5.75 Å². The van der Waals surface area contributed by atoms with E-state index in [9.17, 15) is 9.90 Å². The number of nitrogens with one attached hydrogen (secondary N) is 1. The molecule has 0 atom stereocenters. The van der Waals surface area contributed by atoms with Crippen molar-refractivity contribution in [3.63, 3.8) is 0 Å². The maximum absolute atomic E-state index is 11.5. The van der Waals surface area contributed by atoms with Crippen molar-refractivity contribution in [2.24, 2.45) is 0 Å². The van der Waals surface area contributed by atoms with Gasteiger partial charge in [0.2, 0.25) is 5.91 Å². The maximum Gasteiger partial charge on any atom is 0.224 e. The molecule has 0 aliphatic heterocycles. The summed E-state index contributed by atoms with van der Waals surface area (Å²) < 4.78 is 0.596. The van der Waals surface area contributed by atoms with Gasteiger partial charge in [-0.25, -0.2) is 0 Å². The zero-order valence-corrected chi connectivity index (χ0v) is 11.1. The normalized spacial score (nSPS) is 10.2. The van der Waals surface area contributed by atoms with Crippen LogP contribution in [-0.2, 0) is 4.79 Å². The van der Waals surface area contributed by atoms with Gasteiger partial charge in [0.15, 0.2) is 0 Å². The molecular weight excluding hydrogens is 270 g/mol. The number of rotatable bonds is 4. The smallest absolute Gasteiger partial charge is 0.224 e. The number of hydrogen-bond acceptors (Lipinski definition) is 2. The Balaban J connectivity index is 2.71. The van der Waals surface area contributed by atoms with Crippen molar-refractivity contribution in [3.05, 3.63) is 22.2 Å². The van der Waals surface area contributed by atoms with E-state index in [1.807, 2.05) is 0 Å². The molecular formula is C12H16BrNO2. The average Bonchev–Trinajstić information content (AvgIpc) is 2.23. The van der Waals surface area contributed by atoms with Gasteiger partial charge < -0.3 is 10.4 Å². The summed E-state index contributed by atoms with van der Waals surface area (Å²) in [7, 11) is 0. The Labute approximate surface area is 104 Å². The molecule has 0 saturated heterocycles. The van der Waals surface area contributed by atoms with Gasteiger partial charge in [-0.05, 0) is 47.0 Å². The first-order valence-corrected chi connectivity index (χ1v) is 6.13. The number of halogens is 1. The summed E-state index contributed by atoms with van der Waals surface area (Å²) in [5.41, 5.74) is 1.45. The Kier molecular flexibility index (Phi) is 4.80. The number of aryl methyl sites for hydroxylation is 1. The van der Waals surface area contributed by atoms with Gasteiger partial charge in [-0.2, -0.15) is 0 Å². The molecule has 88 valence electrons. The fourth-order valence-electron chi connectivity index (χ4n) is 1.37. The molecule has 0 saturated carbocycles. The van der Waals surface area contributed by atoms with Crippen LogP contribution in [0.4, 0.5) is 5.69 Å². The highest BCUT2D eigenvalue weighted by Gasteiger charge is 2.07. The summed E-state index contributed by atoms with van der Waals surface area (Å²) in [6, 6.07) is 3.45. The molecule has 0 aliphatic rings. The fraction of sp³-hybridized carbons (Fsp3) is 0.417. The lowest BCUT2D eigenvalue weighted by Crippen LogP contribution is -2.11. The number of benzene rings is 1. The lowest BCUT2D eigenvalue weighted by molar-refractivity contribution is -0.116. The number of unbranched alkanes of at least 4 members (excludes halogenated alkanes) is 1. The topological polar surface area (TPSA) is 49.3 Å². The predicted molar refractivity (Wildman–Crippen MR) is 68.7 cm³/mol. The highest BCUT2D eigenvalue weighted by atomic mass is 79.9. The first-order chi connectivity index (χ1) is 7.54. The summed E-state index contributed by atoms with van der Waals surface area (Å²) >= 11 is 3.24. The minimum atomic E-state index is 0.0128. The quantitative estimate of drug-likeness (QED) is 0.831. The molecule has 0 heterocycles. The third-order valence-electron chi connectivity index (χ3n) is 2.30. The minimum absolute atomic E-state index is 0.0128. The molecule has 0 aliphatic carbocycles. The molecule has 0 bridgehead atoms. The molecule has 3 nitrogen and oxygen atoms in total. The SMILES string of the molecule is CCCCC(=O)Nc1cc(C)c(O)c(Br)c1. The van der Waals surface area contributed by atoms with Crippen LogP contribution in [0.5, 0.6) is 5.75 Å². The van der Waals surface area contributed by atoms with Crippen LogP contribution in [-0.4, -0.2) is 11.0 Å². The van der Waals surface area contributed by atoms with Crippen LogP contribution in [0.25, 0.3) is 0 Å². The first-order valence-electron chi connectivity index (χ1n) is 5.33. The Morgan fingerprint density at radius 2 is 2.19 bits per heavy atom. The number of hydrogen-bond donors (Lipinski definition) is 2. The summed E-state index contributed by atoms with van der Waals surface area (Å²) in [6.07, 6.45) is 2.43. The minimum Gasteiger partial charge on any atom is -0.506 e. The van der Waals surface area contributed by atoms with Crippen molar-refractivity contribution in [3.8, 4) is 5.75 Å². The van der Waals surface area contributed by atoms with Crippen molar-refractivity contribution in [1.29, 1.82) is 0 Å². The van der Waals surface area contributed by atoms with Crippen LogP contribution in [0.15, 0.2) is 16.6 Å². The molecule has 0 fully saturated rings. The number of carbonyl (C=O) groups excluding carboxylic acids is 1. The van der Waals surface area contributed by atoms with Gasteiger partial charge in [-0.15, -0.1) is 0 Å². The monoisotopic (exact) mass is 285 g/mol. The summed E-state index contributed by atoms with van der Waals surface area (Å²) in [5, 5.41) is 12.4. The van der Waals surface area contributed by atoms with Crippen molar-refractivity contribution < 1.29 is 9.90 Å². The number of phenolic OH excluding ortho intramolecular Hbond substituents is 1. The van der Waals surface area contributed by atoms with E-state index in [0.717, 1.165) is 18.4 Å². The van der Waals surface area contributed by atoms with E-state index in [1.165, 1.54) is 0 Å². The molecule has 16 heavy (non-hydrogen) atoms. The van der Waals surface area contributed by atoms with Crippen molar-refractivity contribution in [2.75, 3.05) is 5.32 Å². The highest BCUT2D eigenvalue weighted by Crippen LogP contribution is 2.30. The van der Waals surface area contributed by atoms with Crippen LogP contribution >= 0.6 is 15.9 Å². The van der Waals surface area contributed by atoms with E-state index in [-0.39, 0.29) is 11.7 Å². The number of carbonyl (C=O) groups is 1. The maximum atomic E-state index is 11.5. The third-order valence-corrected chi connectivity index (χ3v) is 2.90. The van der Waals surface area contributed by atoms with Gasteiger partial charge in [0, 0.05) is 12.1 Å². The van der Waals surface area contributed by atoms with E-state index in [2.05, 4.69) is 28.2 Å². The summed E-state index contributed by atoms with van der Waals surface area (Å²) in [5.74, 6) is 0.227. The van der Waals surface area contributed by atoms with E-state index >= 15 is 0 Å². The number of amides is 1. The second kappa shape index (κ2) is 5.89. The zero-order chi connectivity index (χ0) is 12.1. The van der Waals surface area contributed by atoms with Crippen LogP contribution in [0, 0.1) is 6.92 Å². The molecule has 1 aromatic rings. The van der Waals surface area contributed by atoms with Gasteiger partial charge >= 0.3 is 0 Å². The number of anilines is 1.